The molecule has 134 valence electrons. The van der Waals surface area contributed by atoms with Gasteiger partial charge in [0.25, 0.3) is 5.91 Å². The summed E-state index contributed by atoms with van der Waals surface area (Å²) in [7, 11) is 0. The molecule has 1 saturated heterocycles. The lowest BCUT2D eigenvalue weighted by Crippen LogP contribution is -2.50. The molecule has 1 aliphatic rings. The maximum atomic E-state index is 12.7. The van der Waals surface area contributed by atoms with Crippen LogP contribution in [0.1, 0.15) is 40.7 Å². The molecule has 0 aliphatic carbocycles. The molecule has 0 saturated carbocycles. The van der Waals surface area contributed by atoms with Crippen molar-refractivity contribution in [3.8, 4) is 5.75 Å². The maximum Gasteiger partial charge on any atom is 0.255 e. The zero-order valence-electron chi connectivity index (χ0n) is 15.0. The van der Waals surface area contributed by atoms with Crippen molar-refractivity contribution in [3.63, 3.8) is 0 Å². The average molecular weight is 343 g/mol. The van der Waals surface area contributed by atoms with Crippen LogP contribution in [0.3, 0.4) is 0 Å². The van der Waals surface area contributed by atoms with Gasteiger partial charge in [-0.05, 0) is 44.9 Å². The van der Waals surface area contributed by atoms with Crippen LogP contribution in [0.25, 0.3) is 0 Å². The fraction of sp³-hybridized carbons (Fsp3) is 0.474. The van der Waals surface area contributed by atoms with E-state index >= 15 is 0 Å². The van der Waals surface area contributed by atoms with Gasteiger partial charge in [0.05, 0.1) is 16.8 Å². The first-order valence-electron chi connectivity index (χ1n) is 8.71. The molecule has 1 aromatic carbocycles. The first-order chi connectivity index (χ1) is 12.1. The quantitative estimate of drug-likeness (QED) is 0.873. The molecular weight excluding hydrogens is 318 g/mol. The van der Waals surface area contributed by atoms with Gasteiger partial charge in [-0.2, -0.15) is 0 Å². The zero-order chi connectivity index (χ0) is 17.8. The Morgan fingerprint density at radius 2 is 2.20 bits per heavy atom. The van der Waals surface area contributed by atoms with Gasteiger partial charge in [0.1, 0.15) is 18.1 Å². The van der Waals surface area contributed by atoms with Crippen LogP contribution in [0.15, 0.2) is 28.8 Å². The number of amides is 1. The van der Waals surface area contributed by atoms with Crippen LogP contribution in [0.5, 0.6) is 5.75 Å². The van der Waals surface area contributed by atoms with E-state index in [9.17, 15) is 4.79 Å². The van der Waals surface area contributed by atoms with Gasteiger partial charge in [-0.15, -0.1) is 0 Å². The SMILES string of the molecule is Cc1noc(C)c1COc1ccccc1C(=O)NC1CNCCC1C. The third kappa shape index (κ3) is 4.02. The Morgan fingerprint density at radius 1 is 1.40 bits per heavy atom. The number of hydrogen-bond acceptors (Lipinski definition) is 5. The minimum atomic E-state index is -0.102. The number of carbonyl (C=O) groups is 1. The van der Waals surface area contributed by atoms with Gasteiger partial charge in [0.15, 0.2) is 0 Å². The lowest BCUT2D eigenvalue weighted by atomic mass is 9.94. The molecule has 0 bridgehead atoms. The summed E-state index contributed by atoms with van der Waals surface area (Å²) in [5.74, 6) is 1.66. The Bertz CT molecular complexity index is 722. The van der Waals surface area contributed by atoms with Crippen molar-refractivity contribution in [1.29, 1.82) is 0 Å². The zero-order valence-corrected chi connectivity index (χ0v) is 15.0. The first kappa shape index (κ1) is 17.5. The summed E-state index contributed by atoms with van der Waals surface area (Å²) in [6, 6.07) is 7.45. The van der Waals surface area contributed by atoms with Crippen LogP contribution in [0.2, 0.25) is 0 Å². The van der Waals surface area contributed by atoms with Crippen molar-refractivity contribution in [2.75, 3.05) is 13.1 Å². The summed E-state index contributed by atoms with van der Waals surface area (Å²) in [5, 5.41) is 10.4. The molecule has 1 aromatic heterocycles. The number of piperidine rings is 1. The summed E-state index contributed by atoms with van der Waals surface area (Å²) in [5.41, 5.74) is 2.27. The maximum absolute atomic E-state index is 12.7. The van der Waals surface area contributed by atoms with Crippen LogP contribution in [-0.2, 0) is 6.61 Å². The van der Waals surface area contributed by atoms with E-state index < -0.39 is 0 Å². The van der Waals surface area contributed by atoms with Crippen molar-refractivity contribution in [1.82, 2.24) is 15.8 Å². The number of nitrogens with one attached hydrogen (secondary N) is 2. The molecule has 2 atom stereocenters. The largest absolute Gasteiger partial charge is 0.488 e. The van der Waals surface area contributed by atoms with E-state index in [0.717, 1.165) is 36.5 Å². The summed E-state index contributed by atoms with van der Waals surface area (Å²) < 4.78 is 11.1. The number of ether oxygens (including phenoxy) is 1. The summed E-state index contributed by atoms with van der Waals surface area (Å²) in [4.78, 5) is 12.7. The minimum Gasteiger partial charge on any atom is -0.488 e. The Morgan fingerprint density at radius 3 is 2.92 bits per heavy atom. The summed E-state index contributed by atoms with van der Waals surface area (Å²) in [6.07, 6.45) is 1.06. The number of carbonyl (C=O) groups excluding carboxylic acids is 1. The van der Waals surface area contributed by atoms with Gasteiger partial charge in [-0.3, -0.25) is 4.79 Å². The molecule has 0 spiro atoms. The fourth-order valence-corrected chi connectivity index (χ4v) is 3.07. The Kier molecular flexibility index (Phi) is 5.38. The van der Waals surface area contributed by atoms with Crippen molar-refractivity contribution >= 4 is 5.91 Å². The average Bonchev–Trinajstić information content (AvgIpc) is 2.93. The van der Waals surface area contributed by atoms with Crippen LogP contribution in [-0.4, -0.2) is 30.2 Å². The predicted octanol–water partition coefficient (Wildman–Crippen LogP) is 2.60. The van der Waals surface area contributed by atoms with E-state index in [1.54, 1.807) is 6.07 Å². The van der Waals surface area contributed by atoms with Crippen LogP contribution >= 0.6 is 0 Å². The van der Waals surface area contributed by atoms with E-state index in [4.69, 9.17) is 9.26 Å². The molecule has 2 heterocycles. The summed E-state index contributed by atoms with van der Waals surface area (Å²) in [6.45, 7) is 8.04. The number of hydrogen-bond donors (Lipinski definition) is 2. The highest BCUT2D eigenvalue weighted by Crippen LogP contribution is 2.22. The van der Waals surface area contributed by atoms with Crippen molar-refractivity contribution in [3.05, 3.63) is 46.8 Å². The van der Waals surface area contributed by atoms with Crippen molar-refractivity contribution in [2.24, 2.45) is 5.92 Å². The Balaban J connectivity index is 1.70. The van der Waals surface area contributed by atoms with Crippen LogP contribution in [0.4, 0.5) is 0 Å². The van der Waals surface area contributed by atoms with Crippen molar-refractivity contribution < 1.29 is 14.1 Å². The molecule has 1 aliphatic heterocycles. The van der Waals surface area contributed by atoms with Gasteiger partial charge in [-0.25, -0.2) is 0 Å². The molecule has 25 heavy (non-hydrogen) atoms. The second-order valence-electron chi connectivity index (χ2n) is 6.64. The second kappa shape index (κ2) is 7.70. The fourth-order valence-electron chi connectivity index (χ4n) is 3.07. The number of para-hydroxylation sites is 1. The molecule has 3 rings (SSSR count). The third-order valence-electron chi connectivity index (χ3n) is 4.83. The Labute approximate surface area is 147 Å². The highest BCUT2D eigenvalue weighted by molar-refractivity contribution is 5.97. The van der Waals surface area contributed by atoms with E-state index in [0.29, 0.717) is 23.8 Å². The van der Waals surface area contributed by atoms with Crippen LogP contribution < -0.4 is 15.4 Å². The minimum absolute atomic E-state index is 0.102. The van der Waals surface area contributed by atoms with Crippen LogP contribution in [0, 0.1) is 19.8 Å². The topological polar surface area (TPSA) is 76.4 Å². The normalized spacial score (nSPS) is 20.3. The van der Waals surface area contributed by atoms with E-state index in [1.807, 2.05) is 32.0 Å². The Hall–Kier alpha value is -2.34. The molecule has 0 radical (unpaired) electrons. The molecule has 1 amide bonds. The lowest BCUT2D eigenvalue weighted by molar-refractivity contribution is 0.0910. The van der Waals surface area contributed by atoms with E-state index in [2.05, 4.69) is 22.7 Å². The molecule has 6 nitrogen and oxygen atoms in total. The number of aromatic nitrogens is 1. The number of rotatable bonds is 5. The molecule has 2 N–H and O–H groups in total. The van der Waals surface area contributed by atoms with E-state index in [1.165, 1.54) is 0 Å². The molecular formula is C19H25N3O3. The lowest BCUT2D eigenvalue weighted by Gasteiger charge is -2.30. The van der Waals surface area contributed by atoms with Gasteiger partial charge < -0.3 is 19.9 Å². The summed E-state index contributed by atoms with van der Waals surface area (Å²) >= 11 is 0. The standard InChI is InChI=1S/C19H25N3O3/c1-12-8-9-20-10-17(12)21-19(23)15-6-4-5-7-18(15)24-11-16-13(2)22-25-14(16)3/h4-7,12,17,20H,8-11H2,1-3H3,(H,21,23). The number of nitrogens with zero attached hydrogens (tertiary/aromatic N) is 1. The van der Waals surface area contributed by atoms with Gasteiger partial charge in [0, 0.05) is 12.6 Å². The number of aryl methyl sites for hydroxylation is 2. The van der Waals surface area contributed by atoms with Crippen molar-refractivity contribution in [2.45, 2.75) is 39.8 Å². The molecule has 6 heteroatoms. The third-order valence-corrected chi connectivity index (χ3v) is 4.83. The molecule has 2 unspecified atom stereocenters. The predicted molar refractivity (Wildman–Crippen MR) is 94.7 cm³/mol. The number of benzene rings is 1. The monoisotopic (exact) mass is 343 g/mol. The highest BCUT2D eigenvalue weighted by atomic mass is 16.5. The highest BCUT2D eigenvalue weighted by Gasteiger charge is 2.24. The smallest absolute Gasteiger partial charge is 0.255 e. The second-order valence-corrected chi connectivity index (χ2v) is 6.64. The molecule has 1 fully saturated rings. The van der Waals surface area contributed by atoms with Gasteiger partial charge in [0.2, 0.25) is 0 Å². The first-order valence-corrected chi connectivity index (χ1v) is 8.71. The molecule has 2 aromatic rings. The van der Waals surface area contributed by atoms with E-state index in [-0.39, 0.29) is 11.9 Å². The van der Waals surface area contributed by atoms with Gasteiger partial charge in [-0.1, -0.05) is 24.2 Å². The van der Waals surface area contributed by atoms with Gasteiger partial charge >= 0.3 is 0 Å².